The van der Waals surface area contributed by atoms with Crippen molar-refractivity contribution in [2.75, 3.05) is 0 Å². The predicted molar refractivity (Wildman–Crippen MR) is 83.3 cm³/mol. The molecule has 0 amide bonds. The van der Waals surface area contributed by atoms with Gasteiger partial charge in [0.05, 0.1) is 0 Å². The molecule has 0 unspecified atom stereocenters. The van der Waals surface area contributed by atoms with E-state index in [1.807, 2.05) is 18.2 Å². The van der Waals surface area contributed by atoms with Gasteiger partial charge < -0.3 is 0 Å². The van der Waals surface area contributed by atoms with E-state index in [4.69, 9.17) is 0 Å². The molecule has 1 fully saturated rings. The van der Waals surface area contributed by atoms with Crippen LogP contribution >= 0.6 is 0 Å². The zero-order chi connectivity index (χ0) is 13.8. The summed E-state index contributed by atoms with van der Waals surface area (Å²) in [7, 11) is 0. The molecular formula is C19H18O. The van der Waals surface area contributed by atoms with Gasteiger partial charge >= 0.3 is 0 Å². The zero-order valence-corrected chi connectivity index (χ0v) is 11.5. The van der Waals surface area contributed by atoms with Crippen LogP contribution in [0, 0.1) is 0 Å². The highest BCUT2D eigenvalue weighted by atomic mass is 16.1. The number of ketones is 1. The van der Waals surface area contributed by atoms with Crippen molar-refractivity contribution in [2.24, 2.45) is 0 Å². The Morgan fingerprint density at radius 1 is 0.750 bits per heavy atom. The average molecular weight is 262 g/mol. The predicted octanol–water partition coefficient (Wildman–Crippen LogP) is 4.88. The van der Waals surface area contributed by atoms with E-state index in [9.17, 15) is 4.79 Å². The Balaban J connectivity index is 1.83. The summed E-state index contributed by atoms with van der Waals surface area (Å²) in [5.41, 5.74) is 4.54. The maximum atomic E-state index is 11.8. The minimum atomic E-state index is 0.323. The van der Waals surface area contributed by atoms with Gasteiger partial charge in [0.15, 0.2) is 5.78 Å². The van der Waals surface area contributed by atoms with Gasteiger partial charge in [-0.15, -0.1) is 0 Å². The van der Waals surface area contributed by atoms with Crippen LogP contribution in [-0.2, 0) is 4.79 Å². The molecule has 3 rings (SSSR count). The highest BCUT2D eigenvalue weighted by molar-refractivity contribution is 6.00. The molecule has 1 nitrogen and oxygen atoms in total. The smallest absolute Gasteiger partial charge is 0.158 e. The van der Waals surface area contributed by atoms with Gasteiger partial charge in [-0.05, 0) is 47.6 Å². The van der Waals surface area contributed by atoms with E-state index < -0.39 is 0 Å². The summed E-state index contributed by atoms with van der Waals surface area (Å²) >= 11 is 0. The first-order valence-electron chi connectivity index (χ1n) is 7.22. The first-order chi connectivity index (χ1) is 9.83. The van der Waals surface area contributed by atoms with Crippen molar-refractivity contribution in [3.05, 3.63) is 65.7 Å². The highest BCUT2D eigenvalue weighted by Crippen LogP contribution is 2.24. The Kier molecular flexibility index (Phi) is 3.78. The lowest BCUT2D eigenvalue weighted by molar-refractivity contribution is -0.116. The highest BCUT2D eigenvalue weighted by Gasteiger charge is 2.14. The lowest BCUT2D eigenvalue weighted by atomic mass is 9.92. The van der Waals surface area contributed by atoms with E-state index in [2.05, 4.69) is 42.5 Å². The van der Waals surface area contributed by atoms with Crippen molar-refractivity contribution >= 4 is 11.9 Å². The second-order valence-electron chi connectivity index (χ2n) is 5.29. The lowest BCUT2D eigenvalue weighted by Crippen LogP contribution is -2.07. The first kappa shape index (κ1) is 12.9. The van der Waals surface area contributed by atoms with Crippen molar-refractivity contribution in [2.45, 2.75) is 25.7 Å². The summed E-state index contributed by atoms with van der Waals surface area (Å²) in [6.07, 6.45) is 5.88. The maximum Gasteiger partial charge on any atom is 0.158 e. The molecule has 2 aromatic rings. The largest absolute Gasteiger partial charge is 0.295 e. The molecule has 1 saturated carbocycles. The van der Waals surface area contributed by atoms with Gasteiger partial charge in [-0.3, -0.25) is 4.79 Å². The van der Waals surface area contributed by atoms with Crippen molar-refractivity contribution in [1.82, 2.24) is 0 Å². The molecule has 0 atom stereocenters. The molecule has 100 valence electrons. The Morgan fingerprint density at radius 3 is 2.10 bits per heavy atom. The lowest BCUT2D eigenvalue weighted by Gasteiger charge is -2.12. The van der Waals surface area contributed by atoms with Crippen LogP contribution in [0.5, 0.6) is 0 Å². The fraction of sp³-hybridized carbons (Fsp3) is 0.211. The van der Waals surface area contributed by atoms with E-state index in [0.717, 1.165) is 30.4 Å². The maximum absolute atomic E-state index is 11.8. The van der Waals surface area contributed by atoms with Gasteiger partial charge in [-0.2, -0.15) is 0 Å². The molecule has 0 saturated heterocycles. The van der Waals surface area contributed by atoms with Gasteiger partial charge in [-0.1, -0.05) is 54.6 Å². The molecule has 0 aromatic heterocycles. The van der Waals surface area contributed by atoms with Crippen LogP contribution in [0.2, 0.25) is 0 Å². The van der Waals surface area contributed by atoms with Crippen LogP contribution < -0.4 is 0 Å². The number of hydrogen-bond acceptors (Lipinski definition) is 1. The summed E-state index contributed by atoms with van der Waals surface area (Å²) in [4.78, 5) is 11.8. The molecule has 1 aliphatic rings. The summed E-state index contributed by atoms with van der Waals surface area (Å²) in [6.45, 7) is 0. The number of allylic oxidation sites excluding steroid dienone is 1. The zero-order valence-electron chi connectivity index (χ0n) is 11.5. The summed E-state index contributed by atoms with van der Waals surface area (Å²) in [6, 6.07) is 18.8. The Labute approximate surface area is 120 Å². The summed E-state index contributed by atoms with van der Waals surface area (Å²) in [5.74, 6) is 0.323. The standard InChI is InChI=1S/C19H18O/c20-19-9-5-4-8-18(19)14-15-10-12-17(13-11-15)16-6-2-1-3-7-16/h1-3,6-7,10-14H,4-5,8-9H2. The number of hydrogen-bond donors (Lipinski definition) is 0. The number of Topliss-reactive ketones (excluding diaryl/α,β-unsaturated/α-hetero) is 1. The van der Waals surface area contributed by atoms with E-state index in [-0.39, 0.29) is 0 Å². The van der Waals surface area contributed by atoms with Crippen molar-refractivity contribution < 1.29 is 4.79 Å². The number of benzene rings is 2. The van der Waals surface area contributed by atoms with Crippen molar-refractivity contribution in [1.29, 1.82) is 0 Å². The average Bonchev–Trinajstić information content (AvgIpc) is 2.51. The monoisotopic (exact) mass is 262 g/mol. The molecule has 0 aliphatic heterocycles. The van der Waals surface area contributed by atoms with Gasteiger partial charge in [0, 0.05) is 6.42 Å². The molecule has 20 heavy (non-hydrogen) atoms. The molecule has 1 heteroatoms. The second kappa shape index (κ2) is 5.87. The third-order valence-corrected chi connectivity index (χ3v) is 3.82. The molecule has 0 spiro atoms. The summed E-state index contributed by atoms with van der Waals surface area (Å²) < 4.78 is 0. The molecule has 0 radical (unpaired) electrons. The second-order valence-corrected chi connectivity index (χ2v) is 5.29. The normalized spacial score (nSPS) is 17.4. The number of carbonyl (C=O) groups excluding carboxylic acids is 1. The van der Waals surface area contributed by atoms with E-state index in [1.54, 1.807) is 0 Å². The van der Waals surface area contributed by atoms with E-state index in [0.29, 0.717) is 12.2 Å². The van der Waals surface area contributed by atoms with Crippen LogP contribution in [0.25, 0.3) is 17.2 Å². The van der Waals surface area contributed by atoms with Crippen LogP contribution in [0.4, 0.5) is 0 Å². The molecule has 0 bridgehead atoms. The Hall–Kier alpha value is -2.15. The van der Waals surface area contributed by atoms with Gasteiger partial charge in [0.25, 0.3) is 0 Å². The fourth-order valence-corrected chi connectivity index (χ4v) is 2.66. The fourth-order valence-electron chi connectivity index (χ4n) is 2.66. The Bertz CT molecular complexity index is 621. The molecule has 2 aromatic carbocycles. The van der Waals surface area contributed by atoms with E-state index in [1.165, 1.54) is 11.1 Å². The first-order valence-corrected chi connectivity index (χ1v) is 7.22. The van der Waals surface area contributed by atoms with Crippen molar-refractivity contribution in [3.8, 4) is 11.1 Å². The van der Waals surface area contributed by atoms with Crippen LogP contribution in [-0.4, -0.2) is 5.78 Å². The van der Waals surface area contributed by atoms with Gasteiger partial charge in [0.1, 0.15) is 0 Å². The molecule has 0 N–H and O–H groups in total. The minimum Gasteiger partial charge on any atom is -0.295 e. The third kappa shape index (κ3) is 2.88. The quantitative estimate of drug-likeness (QED) is 0.705. The van der Waals surface area contributed by atoms with Gasteiger partial charge in [-0.25, -0.2) is 0 Å². The Morgan fingerprint density at radius 2 is 1.40 bits per heavy atom. The third-order valence-electron chi connectivity index (χ3n) is 3.82. The van der Waals surface area contributed by atoms with Crippen LogP contribution in [0.1, 0.15) is 31.2 Å². The van der Waals surface area contributed by atoms with E-state index >= 15 is 0 Å². The minimum absolute atomic E-state index is 0.323. The van der Waals surface area contributed by atoms with Gasteiger partial charge in [0.2, 0.25) is 0 Å². The molecule has 1 aliphatic carbocycles. The molecule has 0 heterocycles. The SMILES string of the molecule is O=C1CCCCC1=Cc1ccc(-c2ccccc2)cc1. The number of carbonyl (C=O) groups is 1. The topological polar surface area (TPSA) is 17.1 Å². The summed E-state index contributed by atoms with van der Waals surface area (Å²) in [5, 5.41) is 0. The van der Waals surface area contributed by atoms with Crippen LogP contribution in [0.3, 0.4) is 0 Å². The van der Waals surface area contributed by atoms with Crippen molar-refractivity contribution in [3.63, 3.8) is 0 Å². The molecular weight excluding hydrogens is 244 g/mol. The number of rotatable bonds is 2. The van der Waals surface area contributed by atoms with Crippen LogP contribution in [0.15, 0.2) is 60.2 Å².